The fraction of sp³-hybridized carbons (Fsp3) is 0.615. The van der Waals surface area contributed by atoms with Gasteiger partial charge in [0.05, 0.1) is 17.1 Å². The number of ether oxygens (including phenoxy) is 1. The predicted molar refractivity (Wildman–Crippen MR) is 83.3 cm³/mol. The Labute approximate surface area is 132 Å². The number of hydrogen-bond donors (Lipinski definition) is 1. The molecule has 1 atom stereocenters. The zero-order valence-electron chi connectivity index (χ0n) is 11.9. The van der Waals surface area contributed by atoms with Crippen LogP contribution in [0, 0.1) is 0 Å². The Bertz CT molecular complexity index is 467. The summed E-state index contributed by atoms with van der Waals surface area (Å²) in [4.78, 5) is 29.9. The van der Waals surface area contributed by atoms with Gasteiger partial charge in [0.25, 0.3) is 0 Å². The maximum atomic E-state index is 12.2. The van der Waals surface area contributed by atoms with Gasteiger partial charge in [-0.1, -0.05) is 0 Å². The van der Waals surface area contributed by atoms with Gasteiger partial charge >= 0.3 is 0 Å². The molecule has 0 spiro atoms. The third-order valence-corrected chi connectivity index (χ3v) is 4.75. The second kappa shape index (κ2) is 8.35. The van der Waals surface area contributed by atoms with Gasteiger partial charge in [0, 0.05) is 30.7 Å². The molecule has 0 bridgehead atoms. The van der Waals surface area contributed by atoms with E-state index in [-0.39, 0.29) is 18.4 Å². The lowest BCUT2D eigenvalue weighted by Gasteiger charge is -2.22. The van der Waals surface area contributed by atoms with E-state index in [4.69, 9.17) is 4.74 Å². The summed E-state index contributed by atoms with van der Waals surface area (Å²) in [6.45, 7) is 2.92. The van der Waals surface area contributed by atoms with Crippen molar-refractivity contribution in [2.75, 3.05) is 31.4 Å². The maximum Gasteiger partial charge on any atom is 0.249 e. The Balaban J connectivity index is 1.78. The van der Waals surface area contributed by atoms with Crippen molar-refractivity contribution in [2.45, 2.75) is 19.4 Å². The summed E-state index contributed by atoms with van der Waals surface area (Å²) in [5.41, 5.74) is 2.75. The molecule has 0 saturated carbocycles. The Morgan fingerprint density at radius 3 is 3.14 bits per heavy atom. The van der Waals surface area contributed by atoms with Gasteiger partial charge in [0.1, 0.15) is 12.6 Å². The summed E-state index contributed by atoms with van der Waals surface area (Å²) in [5, 5.41) is 4.85. The molecule has 1 aromatic rings. The van der Waals surface area contributed by atoms with Gasteiger partial charge in [0.2, 0.25) is 11.8 Å². The van der Waals surface area contributed by atoms with Gasteiger partial charge in [-0.2, -0.15) is 0 Å². The molecule has 1 aliphatic rings. The quantitative estimate of drug-likeness (QED) is 0.799. The first-order chi connectivity index (χ1) is 10.2. The van der Waals surface area contributed by atoms with E-state index in [0.29, 0.717) is 31.2 Å². The van der Waals surface area contributed by atoms with Crippen LogP contribution in [0.2, 0.25) is 0 Å². The van der Waals surface area contributed by atoms with Gasteiger partial charge in [0.15, 0.2) is 0 Å². The van der Waals surface area contributed by atoms with Crippen LogP contribution in [-0.2, 0) is 20.7 Å². The third kappa shape index (κ3) is 4.69. The monoisotopic (exact) mass is 329 g/mol. The van der Waals surface area contributed by atoms with E-state index in [2.05, 4.69) is 10.3 Å². The van der Waals surface area contributed by atoms with Crippen LogP contribution in [0.3, 0.4) is 0 Å². The van der Waals surface area contributed by atoms with Crippen LogP contribution in [0.25, 0.3) is 0 Å². The normalized spacial score (nSPS) is 18.0. The van der Waals surface area contributed by atoms with E-state index in [0.717, 1.165) is 5.69 Å². The lowest BCUT2D eigenvalue weighted by Crippen LogP contribution is -2.48. The molecule has 1 aromatic heterocycles. The summed E-state index contributed by atoms with van der Waals surface area (Å²) in [7, 11) is 0. The van der Waals surface area contributed by atoms with Crippen LogP contribution in [0.15, 0.2) is 10.9 Å². The lowest BCUT2D eigenvalue weighted by atomic mass is 10.2. The van der Waals surface area contributed by atoms with Crippen molar-refractivity contribution in [2.24, 2.45) is 0 Å². The van der Waals surface area contributed by atoms with Crippen molar-refractivity contribution >= 4 is 34.9 Å². The van der Waals surface area contributed by atoms with Crippen molar-refractivity contribution < 1.29 is 14.3 Å². The van der Waals surface area contributed by atoms with Crippen molar-refractivity contribution in [1.29, 1.82) is 0 Å². The number of hydrogen-bond acceptors (Lipinski definition) is 6. The summed E-state index contributed by atoms with van der Waals surface area (Å²) in [6.07, 6.45) is 0.710. The fourth-order valence-corrected chi connectivity index (χ4v) is 3.74. The van der Waals surface area contributed by atoms with Gasteiger partial charge < -0.3 is 15.0 Å². The topological polar surface area (TPSA) is 71.5 Å². The van der Waals surface area contributed by atoms with Crippen LogP contribution in [0.4, 0.5) is 0 Å². The van der Waals surface area contributed by atoms with Crippen molar-refractivity contribution in [3.05, 3.63) is 16.6 Å². The number of aromatic nitrogens is 1. The highest BCUT2D eigenvalue weighted by atomic mass is 32.2. The first kappa shape index (κ1) is 16.3. The van der Waals surface area contributed by atoms with Gasteiger partial charge in [-0.15, -0.1) is 23.1 Å². The Morgan fingerprint density at radius 1 is 1.57 bits per heavy atom. The molecule has 2 rings (SSSR count). The molecular weight excluding hydrogens is 310 g/mol. The molecule has 1 N–H and O–H groups in total. The number of nitrogens with zero attached hydrogens (tertiary/aromatic N) is 2. The highest BCUT2D eigenvalue weighted by Gasteiger charge is 2.34. The van der Waals surface area contributed by atoms with Crippen molar-refractivity contribution in [3.8, 4) is 0 Å². The van der Waals surface area contributed by atoms with Crippen molar-refractivity contribution in [1.82, 2.24) is 15.2 Å². The summed E-state index contributed by atoms with van der Waals surface area (Å²) >= 11 is 3.13. The van der Waals surface area contributed by atoms with Crippen molar-refractivity contribution in [3.63, 3.8) is 0 Å². The number of carbonyl (C=O) groups is 2. The molecule has 6 nitrogen and oxygen atoms in total. The molecule has 2 amide bonds. The molecule has 0 aromatic carbocycles. The molecule has 0 aliphatic carbocycles. The number of amides is 2. The average Bonchev–Trinajstić information content (AvgIpc) is 3.15. The minimum Gasteiger partial charge on any atom is -0.372 e. The third-order valence-electron chi connectivity index (χ3n) is 3.10. The fourth-order valence-electron chi connectivity index (χ4n) is 1.97. The number of rotatable bonds is 7. The largest absolute Gasteiger partial charge is 0.372 e. The average molecular weight is 329 g/mol. The molecule has 1 aliphatic heterocycles. The smallest absolute Gasteiger partial charge is 0.249 e. The molecule has 2 heterocycles. The number of nitrogens with one attached hydrogen (secondary N) is 1. The molecule has 116 valence electrons. The Hall–Kier alpha value is -1.12. The molecule has 8 heteroatoms. The van der Waals surface area contributed by atoms with Gasteiger partial charge in [-0.25, -0.2) is 4.98 Å². The standard InChI is InChI=1S/C13H19N3O3S2/c1-2-19-5-12(17)16-9-21-7-11(16)13(18)14-4-3-10-6-20-8-15-10/h6,8,11H,2-5,7,9H2,1H3,(H,14,18)/t11-/m1/s1. The van der Waals surface area contributed by atoms with Crippen LogP contribution >= 0.6 is 23.1 Å². The van der Waals surface area contributed by atoms with Crippen LogP contribution in [0.5, 0.6) is 0 Å². The van der Waals surface area contributed by atoms with Gasteiger partial charge in [-0.05, 0) is 6.92 Å². The number of thiazole rings is 1. The second-order valence-corrected chi connectivity index (χ2v) is 6.26. The van der Waals surface area contributed by atoms with E-state index in [1.165, 1.54) is 0 Å². The summed E-state index contributed by atoms with van der Waals surface area (Å²) in [5.74, 6) is 0.970. The number of carbonyl (C=O) groups excluding carboxylic acids is 2. The SMILES string of the molecule is CCOCC(=O)N1CSC[C@@H]1C(=O)NCCc1cscn1. The molecule has 1 saturated heterocycles. The minimum absolute atomic E-state index is 0.0413. The lowest BCUT2D eigenvalue weighted by molar-refractivity contribution is -0.141. The zero-order valence-corrected chi connectivity index (χ0v) is 13.5. The minimum atomic E-state index is -0.390. The summed E-state index contributed by atoms with van der Waals surface area (Å²) < 4.78 is 5.13. The summed E-state index contributed by atoms with van der Waals surface area (Å²) in [6, 6.07) is -0.390. The Kier molecular flexibility index (Phi) is 6.47. The van der Waals surface area contributed by atoms with E-state index in [9.17, 15) is 9.59 Å². The van der Waals surface area contributed by atoms with Crippen LogP contribution in [0.1, 0.15) is 12.6 Å². The maximum absolute atomic E-state index is 12.2. The van der Waals surface area contributed by atoms with E-state index >= 15 is 0 Å². The zero-order chi connectivity index (χ0) is 15.1. The van der Waals surface area contributed by atoms with Crippen LogP contribution < -0.4 is 5.32 Å². The number of thioether (sulfide) groups is 1. The van der Waals surface area contributed by atoms with Crippen LogP contribution in [-0.4, -0.2) is 59.1 Å². The molecular formula is C13H19N3O3S2. The second-order valence-electron chi connectivity index (χ2n) is 4.54. The molecule has 0 radical (unpaired) electrons. The molecule has 1 fully saturated rings. The molecule has 21 heavy (non-hydrogen) atoms. The van der Waals surface area contributed by atoms with Gasteiger partial charge in [-0.3, -0.25) is 9.59 Å². The predicted octanol–water partition coefficient (Wildman–Crippen LogP) is 0.740. The first-order valence-corrected chi connectivity index (χ1v) is 8.92. The first-order valence-electron chi connectivity index (χ1n) is 6.82. The Morgan fingerprint density at radius 2 is 2.43 bits per heavy atom. The van der Waals surface area contributed by atoms with E-state index in [1.807, 2.05) is 12.3 Å². The molecule has 0 unspecified atom stereocenters. The highest BCUT2D eigenvalue weighted by molar-refractivity contribution is 7.99. The van der Waals surface area contributed by atoms with E-state index in [1.54, 1.807) is 33.5 Å². The highest BCUT2D eigenvalue weighted by Crippen LogP contribution is 2.21. The van der Waals surface area contributed by atoms with E-state index < -0.39 is 6.04 Å².